The average Bonchev–Trinajstić information content (AvgIpc) is 3.16. The molecule has 0 saturated heterocycles. The fraction of sp³-hybridized carbons (Fsp3) is 0.214. The highest BCUT2D eigenvalue weighted by Crippen LogP contribution is 2.39. The Labute approximate surface area is 198 Å². The monoisotopic (exact) mass is 447 g/mol. The van der Waals surface area contributed by atoms with Crippen molar-refractivity contribution >= 4 is 28.7 Å². The molecular weight excluding hydrogens is 422 g/mol. The minimum Gasteiger partial charge on any atom is -0.322 e. The second-order valence-electron chi connectivity index (χ2n) is 8.69. The van der Waals surface area contributed by atoms with Gasteiger partial charge in [-0.25, -0.2) is 4.98 Å². The molecule has 0 unspecified atom stereocenters. The van der Waals surface area contributed by atoms with E-state index in [0.717, 1.165) is 41.6 Å². The number of rotatable bonds is 4. The van der Waals surface area contributed by atoms with E-state index in [1.54, 1.807) is 30.6 Å². The van der Waals surface area contributed by atoms with Gasteiger partial charge in [-0.3, -0.25) is 9.78 Å². The number of hydrogen-bond donors (Lipinski definition) is 1. The Kier molecular flexibility index (Phi) is 5.69. The topological polar surface area (TPSA) is 83.6 Å². The second-order valence-corrected chi connectivity index (χ2v) is 8.69. The summed E-state index contributed by atoms with van der Waals surface area (Å²) >= 11 is 0. The average molecular weight is 448 g/mol. The number of anilines is 1. The van der Waals surface area contributed by atoms with Crippen LogP contribution in [-0.4, -0.2) is 20.4 Å². The summed E-state index contributed by atoms with van der Waals surface area (Å²) in [4.78, 5) is 21.5. The minimum atomic E-state index is -0.267. The molecule has 0 aliphatic heterocycles. The van der Waals surface area contributed by atoms with Crippen LogP contribution in [0.25, 0.3) is 17.1 Å². The zero-order valence-electron chi connectivity index (χ0n) is 19.2. The normalized spacial score (nSPS) is 15.3. The largest absolute Gasteiger partial charge is 0.322 e. The molecule has 0 bridgehead atoms. The van der Waals surface area contributed by atoms with E-state index < -0.39 is 0 Å². The van der Waals surface area contributed by atoms with Crippen molar-refractivity contribution < 1.29 is 4.79 Å². The molecular formula is C28H25N5O. The van der Waals surface area contributed by atoms with E-state index in [9.17, 15) is 10.1 Å². The Morgan fingerprint density at radius 1 is 1.21 bits per heavy atom. The maximum absolute atomic E-state index is 12.7. The van der Waals surface area contributed by atoms with Crippen LogP contribution < -0.4 is 5.32 Å². The smallest absolute Gasteiger partial charge is 0.248 e. The molecule has 6 heteroatoms. The molecule has 6 nitrogen and oxygen atoms in total. The third-order valence-electron chi connectivity index (χ3n) is 6.42. The van der Waals surface area contributed by atoms with Crippen molar-refractivity contribution in [3.05, 3.63) is 94.6 Å². The van der Waals surface area contributed by atoms with Crippen molar-refractivity contribution in [1.29, 1.82) is 5.26 Å². The third kappa shape index (κ3) is 3.86. The van der Waals surface area contributed by atoms with Crippen LogP contribution in [0.1, 0.15) is 52.5 Å². The first-order valence-electron chi connectivity index (χ1n) is 11.5. The fourth-order valence-corrected chi connectivity index (χ4v) is 5.03. The van der Waals surface area contributed by atoms with E-state index in [2.05, 4.69) is 45.2 Å². The quantitative estimate of drug-likeness (QED) is 0.419. The number of hydrogen-bond acceptors (Lipinski definition) is 4. The zero-order valence-corrected chi connectivity index (χ0v) is 19.2. The number of amides is 1. The number of nitrogens with one attached hydrogen (secondary N) is 1. The second kappa shape index (κ2) is 8.95. The predicted octanol–water partition coefficient (Wildman–Crippen LogP) is 5.50. The van der Waals surface area contributed by atoms with Gasteiger partial charge in [-0.1, -0.05) is 24.3 Å². The molecule has 0 spiro atoms. The molecule has 1 N–H and O–H groups in total. The van der Waals surface area contributed by atoms with Crippen molar-refractivity contribution in [2.24, 2.45) is 0 Å². The lowest BCUT2D eigenvalue weighted by Crippen LogP contribution is -2.19. The van der Waals surface area contributed by atoms with Crippen LogP contribution in [0.5, 0.6) is 0 Å². The number of carbonyl (C=O) groups excluding carboxylic acids is 1. The van der Waals surface area contributed by atoms with E-state index in [1.807, 2.05) is 19.9 Å². The van der Waals surface area contributed by atoms with Gasteiger partial charge in [-0.2, -0.15) is 5.26 Å². The summed E-state index contributed by atoms with van der Waals surface area (Å²) in [6, 6.07) is 16.4. The molecule has 0 radical (unpaired) electrons. The maximum Gasteiger partial charge on any atom is 0.248 e. The predicted molar refractivity (Wildman–Crippen MR) is 133 cm³/mol. The lowest BCUT2D eigenvalue weighted by molar-refractivity contribution is -0.111. The molecule has 5 rings (SSSR count). The van der Waals surface area contributed by atoms with Crippen molar-refractivity contribution in [2.75, 3.05) is 5.32 Å². The summed E-state index contributed by atoms with van der Waals surface area (Å²) in [5, 5.41) is 13.9. The minimum absolute atomic E-state index is 0.0474. The molecule has 3 heterocycles. The summed E-state index contributed by atoms with van der Waals surface area (Å²) in [7, 11) is 0. The number of nitrogens with zero attached hydrogens (tertiary/aromatic N) is 4. The van der Waals surface area contributed by atoms with Crippen LogP contribution in [0.3, 0.4) is 0 Å². The summed E-state index contributed by atoms with van der Waals surface area (Å²) in [5.74, 6) is -0.267. The molecule has 3 aromatic heterocycles. The number of benzene rings is 1. The Hall–Kier alpha value is -4.24. The molecule has 168 valence electrons. The summed E-state index contributed by atoms with van der Waals surface area (Å²) < 4.78 is 2.17. The lowest BCUT2D eigenvalue weighted by Gasteiger charge is -2.28. The van der Waals surface area contributed by atoms with Crippen LogP contribution >= 0.6 is 0 Å². The molecule has 1 amide bonds. The first-order chi connectivity index (χ1) is 16.6. The van der Waals surface area contributed by atoms with Gasteiger partial charge < -0.3 is 9.88 Å². The Bertz CT molecular complexity index is 1460. The summed E-state index contributed by atoms with van der Waals surface area (Å²) in [6.07, 6.45) is 9.54. The summed E-state index contributed by atoms with van der Waals surface area (Å²) in [5.41, 5.74) is 7.23. The number of nitriles is 1. The van der Waals surface area contributed by atoms with Crippen LogP contribution in [-0.2, 0) is 11.2 Å². The first-order valence-corrected chi connectivity index (χ1v) is 11.5. The molecule has 1 aromatic carbocycles. The highest BCUT2D eigenvalue weighted by Gasteiger charge is 2.28. The number of fused-ring (bicyclic) bond motifs is 2. The Morgan fingerprint density at radius 2 is 2.00 bits per heavy atom. The van der Waals surface area contributed by atoms with Gasteiger partial charge in [-0.05, 0) is 74.1 Å². The lowest BCUT2D eigenvalue weighted by atomic mass is 9.87. The van der Waals surface area contributed by atoms with Gasteiger partial charge >= 0.3 is 0 Å². The first kappa shape index (κ1) is 21.6. The van der Waals surface area contributed by atoms with Crippen LogP contribution in [0.15, 0.2) is 60.9 Å². The number of pyridine rings is 2. The Balaban J connectivity index is 1.68. The van der Waals surface area contributed by atoms with Crippen molar-refractivity contribution in [3.63, 3.8) is 0 Å². The molecule has 0 saturated carbocycles. The molecule has 1 atom stereocenters. The van der Waals surface area contributed by atoms with Crippen LogP contribution in [0.4, 0.5) is 5.69 Å². The fourth-order valence-electron chi connectivity index (χ4n) is 5.03. The van der Waals surface area contributed by atoms with Gasteiger partial charge in [0.05, 0.1) is 17.3 Å². The van der Waals surface area contributed by atoms with Gasteiger partial charge in [0.25, 0.3) is 0 Å². The summed E-state index contributed by atoms with van der Waals surface area (Å²) in [6.45, 7) is 3.99. The maximum atomic E-state index is 12.7. The van der Waals surface area contributed by atoms with E-state index >= 15 is 0 Å². The van der Waals surface area contributed by atoms with Crippen LogP contribution in [0, 0.1) is 25.2 Å². The van der Waals surface area contributed by atoms with E-state index in [0.29, 0.717) is 16.9 Å². The van der Waals surface area contributed by atoms with Crippen molar-refractivity contribution in [2.45, 2.75) is 39.2 Å². The van der Waals surface area contributed by atoms with Crippen LogP contribution in [0.2, 0.25) is 0 Å². The van der Waals surface area contributed by atoms with E-state index in [4.69, 9.17) is 4.98 Å². The van der Waals surface area contributed by atoms with E-state index in [-0.39, 0.29) is 11.9 Å². The molecule has 0 fully saturated rings. The molecule has 4 aromatic rings. The van der Waals surface area contributed by atoms with Gasteiger partial charge in [-0.15, -0.1) is 0 Å². The van der Waals surface area contributed by atoms with Gasteiger partial charge in [0.15, 0.2) is 0 Å². The standard InChI is InChI=1S/C28H25N5O/c1-18-16-19(2)31-28-27(18)23(17-29)25(10-11-26(34)32-21-12-14-30-15-13-21)33(28)24-9-5-7-20-6-3-4-8-22(20)24/h3-4,6,8,10-16,24H,5,7,9H2,1-2H3,(H,30,32,34)/b11-10+/t24-/m0/s1. The third-order valence-corrected chi connectivity index (χ3v) is 6.42. The van der Waals surface area contributed by atoms with Gasteiger partial charge in [0, 0.05) is 35.2 Å². The highest BCUT2D eigenvalue weighted by molar-refractivity contribution is 6.03. The zero-order chi connectivity index (χ0) is 23.7. The number of carbonyl (C=O) groups is 1. The molecule has 34 heavy (non-hydrogen) atoms. The molecule has 1 aliphatic rings. The molecule has 1 aliphatic carbocycles. The SMILES string of the molecule is Cc1cc(C)c2c(C#N)c(/C=C/C(=O)Nc3ccncc3)n([C@H]3CCCc4ccccc43)c2n1. The van der Waals surface area contributed by atoms with Crippen molar-refractivity contribution in [3.8, 4) is 6.07 Å². The van der Waals surface area contributed by atoms with E-state index in [1.165, 1.54) is 17.2 Å². The highest BCUT2D eigenvalue weighted by atomic mass is 16.1. The van der Waals surface area contributed by atoms with Gasteiger partial charge in [0.2, 0.25) is 5.91 Å². The number of aryl methyl sites for hydroxylation is 3. The van der Waals surface area contributed by atoms with Gasteiger partial charge in [0.1, 0.15) is 11.7 Å². The van der Waals surface area contributed by atoms with Crippen molar-refractivity contribution in [1.82, 2.24) is 14.5 Å². The number of aromatic nitrogens is 3. The Morgan fingerprint density at radius 3 is 2.79 bits per heavy atom.